The molecule has 2 atom stereocenters. The van der Waals surface area contributed by atoms with Crippen LogP contribution in [0.4, 0.5) is 0 Å². The Hall–Kier alpha value is -0.210. The predicted octanol–water partition coefficient (Wildman–Crippen LogP) is -0.945. The van der Waals surface area contributed by atoms with Crippen LogP contribution in [0.1, 0.15) is 13.3 Å². The molecule has 0 aromatic heterocycles. The van der Waals surface area contributed by atoms with Crippen molar-refractivity contribution in [3.8, 4) is 0 Å². The molecule has 96 valence electrons. The maximum absolute atomic E-state index is 11.6. The van der Waals surface area contributed by atoms with Gasteiger partial charge >= 0.3 is 0 Å². The highest BCUT2D eigenvalue weighted by Gasteiger charge is 2.25. The Morgan fingerprint density at radius 1 is 1.50 bits per heavy atom. The van der Waals surface area contributed by atoms with Crippen LogP contribution in [0.3, 0.4) is 0 Å². The van der Waals surface area contributed by atoms with Crippen LogP contribution in [-0.4, -0.2) is 47.8 Å². The molecule has 3 N–H and O–H groups in total. The largest absolute Gasteiger partial charge is 0.383 e. The lowest BCUT2D eigenvalue weighted by Gasteiger charge is -2.29. The molecule has 1 aliphatic rings. The summed E-state index contributed by atoms with van der Waals surface area (Å²) >= 11 is 0. The van der Waals surface area contributed by atoms with E-state index in [9.17, 15) is 8.42 Å². The molecule has 0 bridgehead atoms. The predicted molar refractivity (Wildman–Crippen MR) is 62.4 cm³/mol. The molecule has 2 unspecified atom stereocenters. The van der Waals surface area contributed by atoms with Crippen LogP contribution in [0.5, 0.6) is 0 Å². The number of ether oxygens (including phenoxy) is 1. The van der Waals surface area contributed by atoms with E-state index in [1.165, 1.54) is 7.11 Å². The Labute approximate surface area is 97.3 Å². The van der Waals surface area contributed by atoms with E-state index in [1.54, 1.807) is 0 Å². The number of methoxy groups -OCH3 is 1. The van der Waals surface area contributed by atoms with Gasteiger partial charge in [-0.3, -0.25) is 0 Å². The van der Waals surface area contributed by atoms with Gasteiger partial charge in [-0.1, -0.05) is 6.92 Å². The first-order valence-corrected chi connectivity index (χ1v) is 7.00. The van der Waals surface area contributed by atoms with Gasteiger partial charge in [-0.25, -0.2) is 0 Å². The van der Waals surface area contributed by atoms with Crippen LogP contribution in [0.15, 0.2) is 0 Å². The second-order valence-electron chi connectivity index (χ2n) is 4.09. The minimum atomic E-state index is -3.41. The van der Waals surface area contributed by atoms with E-state index in [0.717, 1.165) is 13.0 Å². The quantitative estimate of drug-likeness (QED) is 0.532. The van der Waals surface area contributed by atoms with Crippen molar-refractivity contribution in [1.29, 1.82) is 0 Å². The number of hydrogen-bond acceptors (Lipinski definition) is 4. The van der Waals surface area contributed by atoms with Gasteiger partial charge in [0.05, 0.1) is 6.61 Å². The lowest BCUT2D eigenvalue weighted by molar-refractivity contribution is 0.204. The lowest BCUT2D eigenvalue weighted by atomic mass is 9.96. The molecule has 1 heterocycles. The van der Waals surface area contributed by atoms with E-state index in [4.69, 9.17) is 4.74 Å². The summed E-state index contributed by atoms with van der Waals surface area (Å²) in [5, 5.41) is 3.18. The Morgan fingerprint density at radius 2 is 2.25 bits per heavy atom. The van der Waals surface area contributed by atoms with Crippen molar-refractivity contribution in [2.45, 2.75) is 19.4 Å². The second kappa shape index (κ2) is 6.51. The Kier molecular flexibility index (Phi) is 5.63. The van der Waals surface area contributed by atoms with E-state index >= 15 is 0 Å². The minimum Gasteiger partial charge on any atom is -0.383 e. The molecule has 1 aliphatic heterocycles. The van der Waals surface area contributed by atoms with Gasteiger partial charge in [0.1, 0.15) is 0 Å². The van der Waals surface area contributed by atoms with Crippen LogP contribution in [-0.2, 0) is 14.9 Å². The molecule has 0 amide bonds. The van der Waals surface area contributed by atoms with Gasteiger partial charge in [-0.05, 0) is 18.9 Å². The smallest absolute Gasteiger partial charge is 0.277 e. The van der Waals surface area contributed by atoms with E-state index in [0.29, 0.717) is 25.6 Å². The van der Waals surface area contributed by atoms with E-state index < -0.39 is 10.2 Å². The molecule has 1 saturated heterocycles. The second-order valence-corrected chi connectivity index (χ2v) is 5.62. The summed E-state index contributed by atoms with van der Waals surface area (Å²) in [5.74, 6) is 0.361. The number of rotatable bonds is 6. The summed E-state index contributed by atoms with van der Waals surface area (Å²) < 4.78 is 33.1. The third-order valence-corrected chi connectivity index (χ3v) is 3.93. The molecule has 7 heteroatoms. The van der Waals surface area contributed by atoms with Crippen molar-refractivity contribution in [1.82, 2.24) is 14.8 Å². The van der Waals surface area contributed by atoms with Crippen LogP contribution < -0.4 is 14.8 Å². The average Bonchev–Trinajstić information content (AvgIpc) is 2.21. The molecule has 0 spiro atoms. The summed E-state index contributed by atoms with van der Waals surface area (Å²) in [7, 11) is -1.87. The first-order chi connectivity index (χ1) is 7.55. The van der Waals surface area contributed by atoms with Crippen LogP contribution >= 0.6 is 0 Å². The topological polar surface area (TPSA) is 79.5 Å². The Balaban J connectivity index is 2.38. The Morgan fingerprint density at radius 3 is 2.88 bits per heavy atom. The molecule has 1 rings (SSSR count). The molecule has 0 radical (unpaired) electrons. The fraction of sp³-hybridized carbons (Fsp3) is 1.00. The van der Waals surface area contributed by atoms with Gasteiger partial charge in [0.2, 0.25) is 0 Å². The minimum absolute atomic E-state index is 0.0335. The summed E-state index contributed by atoms with van der Waals surface area (Å²) in [4.78, 5) is 0. The maximum atomic E-state index is 11.6. The summed E-state index contributed by atoms with van der Waals surface area (Å²) in [6.07, 6.45) is 0.991. The van der Waals surface area contributed by atoms with Crippen molar-refractivity contribution in [2.75, 3.05) is 33.4 Å². The number of nitrogens with one attached hydrogen (secondary N) is 3. The SMILES string of the molecule is COCCNS(=O)(=O)NC1CNCCC1C. The molecular weight excluding hydrogens is 230 g/mol. The highest BCUT2D eigenvalue weighted by Crippen LogP contribution is 2.11. The van der Waals surface area contributed by atoms with Crippen molar-refractivity contribution >= 4 is 10.2 Å². The number of piperidine rings is 1. The van der Waals surface area contributed by atoms with E-state index in [2.05, 4.69) is 21.7 Å². The van der Waals surface area contributed by atoms with Crippen molar-refractivity contribution in [3.63, 3.8) is 0 Å². The summed E-state index contributed by atoms with van der Waals surface area (Å²) in [6, 6.07) is -0.0335. The molecule has 0 aromatic carbocycles. The van der Waals surface area contributed by atoms with Crippen molar-refractivity contribution in [2.24, 2.45) is 5.92 Å². The lowest BCUT2D eigenvalue weighted by Crippen LogP contribution is -2.53. The zero-order valence-electron chi connectivity index (χ0n) is 9.82. The van der Waals surface area contributed by atoms with E-state index in [1.807, 2.05) is 0 Å². The molecular formula is C9H21N3O3S. The highest BCUT2D eigenvalue weighted by atomic mass is 32.2. The molecule has 6 nitrogen and oxygen atoms in total. The molecule has 1 fully saturated rings. The van der Waals surface area contributed by atoms with Crippen LogP contribution in [0, 0.1) is 5.92 Å². The van der Waals surface area contributed by atoms with Gasteiger partial charge in [0.25, 0.3) is 10.2 Å². The first kappa shape index (κ1) is 13.9. The van der Waals surface area contributed by atoms with E-state index in [-0.39, 0.29) is 6.04 Å². The Bertz CT molecular complexity index is 294. The fourth-order valence-corrected chi connectivity index (χ4v) is 2.82. The average molecular weight is 251 g/mol. The summed E-state index contributed by atoms with van der Waals surface area (Å²) in [5.41, 5.74) is 0. The molecule has 0 aromatic rings. The molecule has 0 aliphatic carbocycles. The number of hydrogen-bond donors (Lipinski definition) is 3. The third-order valence-electron chi connectivity index (χ3n) is 2.73. The fourth-order valence-electron chi connectivity index (χ4n) is 1.67. The molecule has 16 heavy (non-hydrogen) atoms. The van der Waals surface area contributed by atoms with Gasteiger partial charge in [-0.15, -0.1) is 0 Å². The van der Waals surface area contributed by atoms with Gasteiger partial charge in [0, 0.05) is 26.2 Å². The zero-order chi connectivity index (χ0) is 12.0. The van der Waals surface area contributed by atoms with Crippen molar-refractivity contribution < 1.29 is 13.2 Å². The normalized spacial score (nSPS) is 26.9. The van der Waals surface area contributed by atoms with Gasteiger partial charge in [-0.2, -0.15) is 17.9 Å². The monoisotopic (exact) mass is 251 g/mol. The molecule has 0 saturated carbocycles. The highest BCUT2D eigenvalue weighted by molar-refractivity contribution is 7.87. The first-order valence-electron chi connectivity index (χ1n) is 5.52. The maximum Gasteiger partial charge on any atom is 0.277 e. The van der Waals surface area contributed by atoms with Gasteiger partial charge in [0.15, 0.2) is 0 Å². The standard InChI is InChI=1S/C9H21N3O3S/c1-8-3-4-10-7-9(8)12-16(13,14)11-5-6-15-2/h8-12H,3-7H2,1-2H3. The summed E-state index contributed by atoms with van der Waals surface area (Å²) in [6.45, 7) is 4.37. The zero-order valence-corrected chi connectivity index (χ0v) is 10.6. The van der Waals surface area contributed by atoms with Gasteiger partial charge < -0.3 is 10.1 Å². The van der Waals surface area contributed by atoms with Crippen molar-refractivity contribution in [3.05, 3.63) is 0 Å². The van der Waals surface area contributed by atoms with Crippen LogP contribution in [0.2, 0.25) is 0 Å². The van der Waals surface area contributed by atoms with Crippen LogP contribution in [0.25, 0.3) is 0 Å². The third kappa shape index (κ3) is 4.75.